The van der Waals surface area contributed by atoms with Crippen molar-refractivity contribution in [3.63, 3.8) is 0 Å². The first-order chi connectivity index (χ1) is 8.06. The van der Waals surface area contributed by atoms with Crippen molar-refractivity contribution in [2.75, 3.05) is 5.32 Å². The molecule has 1 N–H and O–H groups in total. The van der Waals surface area contributed by atoms with Crippen LogP contribution in [0.3, 0.4) is 0 Å². The van der Waals surface area contributed by atoms with Crippen LogP contribution < -0.4 is 5.32 Å². The summed E-state index contributed by atoms with van der Waals surface area (Å²) in [6.07, 6.45) is 0. The third-order valence-corrected chi connectivity index (χ3v) is 4.07. The van der Waals surface area contributed by atoms with Crippen LogP contribution in [-0.2, 0) is 0 Å². The second-order valence-electron chi connectivity index (χ2n) is 3.77. The zero-order valence-electron chi connectivity index (χ0n) is 9.50. The molecule has 2 nitrogen and oxygen atoms in total. The van der Waals surface area contributed by atoms with Gasteiger partial charge < -0.3 is 5.32 Å². The maximum absolute atomic E-state index is 5.92. The summed E-state index contributed by atoms with van der Waals surface area (Å²) >= 11 is 13.3. The predicted molar refractivity (Wildman–Crippen MR) is 75.4 cm³/mol. The number of aryl methyl sites for hydroxylation is 1. The standard InChI is InChI=1S/C12H12Cl2N2S/c1-7-9(3-5-11(13)16-7)15-8(2)10-4-6-12(14)17-10/h3-6,8,15H,1-2H3. The van der Waals surface area contributed by atoms with Crippen LogP contribution in [0.5, 0.6) is 0 Å². The highest BCUT2D eigenvalue weighted by Crippen LogP contribution is 2.29. The maximum Gasteiger partial charge on any atom is 0.129 e. The minimum atomic E-state index is 0.203. The monoisotopic (exact) mass is 286 g/mol. The number of pyridine rings is 1. The molecule has 90 valence electrons. The Hall–Kier alpha value is -0.770. The Kier molecular flexibility index (Phi) is 3.92. The molecule has 0 spiro atoms. The Balaban J connectivity index is 2.15. The molecular weight excluding hydrogens is 275 g/mol. The van der Waals surface area contributed by atoms with Gasteiger partial charge in [-0.25, -0.2) is 4.98 Å². The van der Waals surface area contributed by atoms with Gasteiger partial charge in [-0.15, -0.1) is 11.3 Å². The smallest absolute Gasteiger partial charge is 0.129 e. The molecule has 1 atom stereocenters. The second-order valence-corrected chi connectivity index (χ2v) is 5.91. The molecule has 2 heterocycles. The van der Waals surface area contributed by atoms with E-state index in [1.165, 1.54) is 4.88 Å². The largest absolute Gasteiger partial charge is 0.376 e. The first-order valence-electron chi connectivity index (χ1n) is 5.21. The molecule has 0 aromatic carbocycles. The summed E-state index contributed by atoms with van der Waals surface area (Å²) < 4.78 is 0.805. The molecule has 5 heteroatoms. The van der Waals surface area contributed by atoms with Gasteiger partial charge in [0.25, 0.3) is 0 Å². The molecule has 2 aromatic rings. The lowest BCUT2D eigenvalue weighted by Crippen LogP contribution is -2.06. The van der Waals surface area contributed by atoms with Crippen LogP contribution in [0.15, 0.2) is 24.3 Å². The zero-order chi connectivity index (χ0) is 12.4. The lowest BCUT2D eigenvalue weighted by molar-refractivity contribution is 0.901. The summed E-state index contributed by atoms with van der Waals surface area (Å²) in [4.78, 5) is 5.40. The Morgan fingerprint density at radius 3 is 2.59 bits per heavy atom. The van der Waals surface area contributed by atoms with E-state index in [2.05, 4.69) is 17.2 Å². The molecule has 0 radical (unpaired) electrons. The predicted octanol–water partition coefficient (Wildman–Crippen LogP) is 4.93. The van der Waals surface area contributed by atoms with Gasteiger partial charge in [0.2, 0.25) is 0 Å². The van der Waals surface area contributed by atoms with Crippen LogP contribution in [-0.4, -0.2) is 4.98 Å². The molecule has 2 aromatic heterocycles. The summed E-state index contributed by atoms with van der Waals surface area (Å²) in [6, 6.07) is 7.87. The average molecular weight is 287 g/mol. The van der Waals surface area contributed by atoms with Crippen molar-refractivity contribution < 1.29 is 0 Å². The second kappa shape index (κ2) is 5.25. The number of hydrogen-bond donors (Lipinski definition) is 1. The first-order valence-corrected chi connectivity index (χ1v) is 6.78. The first kappa shape index (κ1) is 12.7. The van der Waals surface area contributed by atoms with Gasteiger partial charge in [-0.05, 0) is 38.1 Å². The van der Waals surface area contributed by atoms with Crippen molar-refractivity contribution in [2.24, 2.45) is 0 Å². The number of nitrogens with zero attached hydrogens (tertiary/aromatic N) is 1. The topological polar surface area (TPSA) is 24.9 Å². The van der Waals surface area contributed by atoms with E-state index in [9.17, 15) is 0 Å². The van der Waals surface area contributed by atoms with Crippen molar-refractivity contribution in [1.82, 2.24) is 4.98 Å². The lowest BCUT2D eigenvalue weighted by atomic mass is 10.2. The van der Waals surface area contributed by atoms with Gasteiger partial charge in [0, 0.05) is 4.88 Å². The third kappa shape index (κ3) is 3.12. The van der Waals surface area contributed by atoms with Crippen molar-refractivity contribution in [1.29, 1.82) is 0 Å². The van der Waals surface area contributed by atoms with Crippen molar-refractivity contribution >= 4 is 40.2 Å². The number of halogens is 2. The van der Waals surface area contributed by atoms with E-state index >= 15 is 0 Å². The summed E-state index contributed by atoms with van der Waals surface area (Å²) in [5.74, 6) is 0. The van der Waals surface area contributed by atoms with Gasteiger partial charge in [0.05, 0.1) is 21.8 Å². The Morgan fingerprint density at radius 2 is 2.00 bits per heavy atom. The highest BCUT2D eigenvalue weighted by Gasteiger charge is 2.09. The van der Waals surface area contributed by atoms with Crippen LogP contribution in [0.1, 0.15) is 23.5 Å². The third-order valence-electron chi connectivity index (χ3n) is 2.44. The molecule has 1 unspecified atom stereocenters. The van der Waals surface area contributed by atoms with E-state index < -0.39 is 0 Å². The van der Waals surface area contributed by atoms with Crippen molar-refractivity contribution in [3.05, 3.63) is 44.3 Å². The van der Waals surface area contributed by atoms with E-state index in [0.29, 0.717) is 5.15 Å². The molecule has 0 saturated carbocycles. The highest BCUT2D eigenvalue weighted by molar-refractivity contribution is 7.16. The summed E-state index contributed by atoms with van der Waals surface area (Å²) in [5, 5.41) is 3.91. The van der Waals surface area contributed by atoms with Gasteiger partial charge in [0.15, 0.2) is 0 Å². The number of hydrogen-bond acceptors (Lipinski definition) is 3. The van der Waals surface area contributed by atoms with Crippen LogP contribution in [0, 0.1) is 6.92 Å². The SMILES string of the molecule is Cc1nc(Cl)ccc1NC(C)c1ccc(Cl)s1. The fourth-order valence-corrected chi connectivity index (χ4v) is 2.80. The Labute approximate surface area is 115 Å². The number of aromatic nitrogens is 1. The highest BCUT2D eigenvalue weighted by atomic mass is 35.5. The van der Waals surface area contributed by atoms with E-state index in [0.717, 1.165) is 15.7 Å². The van der Waals surface area contributed by atoms with Crippen LogP contribution in [0.4, 0.5) is 5.69 Å². The van der Waals surface area contributed by atoms with Crippen molar-refractivity contribution in [3.8, 4) is 0 Å². The molecule has 0 amide bonds. The molecule has 0 aliphatic rings. The van der Waals surface area contributed by atoms with Gasteiger partial charge in [-0.2, -0.15) is 0 Å². The van der Waals surface area contributed by atoms with E-state index in [4.69, 9.17) is 23.2 Å². The number of thiophene rings is 1. The van der Waals surface area contributed by atoms with Crippen molar-refractivity contribution in [2.45, 2.75) is 19.9 Å². The Bertz CT molecular complexity index is 525. The number of nitrogens with one attached hydrogen (secondary N) is 1. The summed E-state index contributed by atoms with van der Waals surface area (Å²) in [5.41, 5.74) is 1.89. The minimum absolute atomic E-state index is 0.203. The van der Waals surface area contributed by atoms with Crippen LogP contribution >= 0.6 is 34.5 Å². The van der Waals surface area contributed by atoms with E-state index in [1.54, 1.807) is 17.4 Å². The molecule has 2 rings (SSSR count). The fourth-order valence-electron chi connectivity index (χ4n) is 1.55. The van der Waals surface area contributed by atoms with Gasteiger partial charge in [-0.1, -0.05) is 23.2 Å². The van der Waals surface area contributed by atoms with Gasteiger partial charge >= 0.3 is 0 Å². The van der Waals surface area contributed by atoms with Crippen LogP contribution in [0.2, 0.25) is 9.49 Å². The quantitative estimate of drug-likeness (QED) is 0.809. The minimum Gasteiger partial charge on any atom is -0.376 e. The van der Waals surface area contributed by atoms with E-state index in [-0.39, 0.29) is 6.04 Å². The molecule has 0 saturated heterocycles. The lowest BCUT2D eigenvalue weighted by Gasteiger charge is -2.15. The summed E-state index contributed by atoms with van der Waals surface area (Å²) in [6.45, 7) is 4.03. The molecule has 0 aliphatic carbocycles. The van der Waals surface area contributed by atoms with Crippen LogP contribution in [0.25, 0.3) is 0 Å². The summed E-state index contributed by atoms with van der Waals surface area (Å²) in [7, 11) is 0. The molecule has 0 fully saturated rings. The molecule has 0 aliphatic heterocycles. The Morgan fingerprint density at radius 1 is 1.24 bits per heavy atom. The average Bonchev–Trinajstić information content (AvgIpc) is 2.69. The molecule has 17 heavy (non-hydrogen) atoms. The number of rotatable bonds is 3. The number of anilines is 1. The maximum atomic E-state index is 5.92. The molecule has 0 bridgehead atoms. The molecular formula is C12H12Cl2N2S. The van der Waals surface area contributed by atoms with Gasteiger partial charge in [0.1, 0.15) is 5.15 Å². The zero-order valence-corrected chi connectivity index (χ0v) is 11.8. The normalized spacial score (nSPS) is 12.5. The van der Waals surface area contributed by atoms with E-state index in [1.807, 2.05) is 25.1 Å². The van der Waals surface area contributed by atoms with Gasteiger partial charge in [-0.3, -0.25) is 0 Å². The fraction of sp³-hybridized carbons (Fsp3) is 0.250.